The molecule has 0 aliphatic carbocycles. The van der Waals surface area contributed by atoms with E-state index in [0.29, 0.717) is 32.9 Å². The van der Waals surface area contributed by atoms with Crippen LogP contribution in [0.15, 0.2) is 70.5 Å². The molecule has 0 unspecified atom stereocenters. The summed E-state index contributed by atoms with van der Waals surface area (Å²) in [5.41, 5.74) is 2.69. The van der Waals surface area contributed by atoms with Crippen LogP contribution in [-0.2, 0) is 0 Å². The average molecular weight is 519 g/mol. The predicted octanol–water partition coefficient (Wildman–Crippen LogP) is 5.25. The lowest BCUT2D eigenvalue weighted by Gasteiger charge is -2.16. The maximum absolute atomic E-state index is 14.8. The van der Waals surface area contributed by atoms with Crippen molar-refractivity contribution in [2.45, 2.75) is 6.92 Å². The van der Waals surface area contributed by atoms with Crippen LogP contribution in [0.3, 0.4) is 0 Å². The summed E-state index contributed by atoms with van der Waals surface area (Å²) in [6.07, 6.45) is 6.58. The highest BCUT2D eigenvalue weighted by Gasteiger charge is 2.28. The number of H-pyrrole nitrogens is 2. The standard InChI is InChI=1S/C25H14BrF2N5O/c1-12-17-18(14-10-16(27)20(28)23-15(14)11-30-32-23)24(33-8-3-2-4-9-33)25(34)31-21(17)13-6-5-7-29-22(13)19(12)26/h2-11H,1H3,(H-,29,30,31,32,34)/p+1. The molecular weight excluding hydrogens is 504 g/mol. The molecule has 9 heteroatoms. The Morgan fingerprint density at radius 3 is 2.65 bits per heavy atom. The number of benzene rings is 2. The van der Waals surface area contributed by atoms with E-state index in [9.17, 15) is 13.6 Å². The van der Waals surface area contributed by atoms with Gasteiger partial charge in [-0.05, 0) is 46.6 Å². The maximum Gasteiger partial charge on any atom is 0.321 e. The molecule has 2 N–H and O–H groups in total. The van der Waals surface area contributed by atoms with Gasteiger partial charge in [0.1, 0.15) is 5.52 Å². The zero-order valence-corrected chi connectivity index (χ0v) is 19.2. The van der Waals surface area contributed by atoms with Gasteiger partial charge in [0.25, 0.3) is 5.69 Å². The molecule has 0 spiro atoms. The van der Waals surface area contributed by atoms with Gasteiger partial charge in [-0.1, -0.05) is 6.07 Å². The van der Waals surface area contributed by atoms with Gasteiger partial charge in [0.2, 0.25) is 0 Å². The molecule has 4 aromatic heterocycles. The van der Waals surface area contributed by atoms with Crippen LogP contribution in [0.1, 0.15) is 5.56 Å². The third-order valence-corrected chi connectivity index (χ3v) is 7.02. The van der Waals surface area contributed by atoms with Crippen molar-refractivity contribution in [3.8, 4) is 16.8 Å². The number of halogens is 3. The highest BCUT2D eigenvalue weighted by molar-refractivity contribution is 9.10. The van der Waals surface area contributed by atoms with E-state index in [2.05, 4.69) is 36.1 Å². The Kier molecular flexibility index (Phi) is 4.56. The molecule has 6 aromatic rings. The minimum Gasteiger partial charge on any atom is -0.316 e. The molecule has 0 aliphatic heterocycles. The zero-order chi connectivity index (χ0) is 23.6. The van der Waals surface area contributed by atoms with E-state index in [1.54, 1.807) is 41.4 Å². The molecule has 0 amide bonds. The monoisotopic (exact) mass is 518 g/mol. The summed E-state index contributed by atoms with van der Waals surface area (Å²) in [6, 6.07) is 10.2. The van der Waals surface area contributed by atoms with Gasteiger partial charge in [-0.15, -0.1) is 0 Å². The first-order valence-electron chi connectivity index (χ1n) is 10.4. The first kappa shape index (κ1) is 20.6. The fourth-order valence-electron chi connectivity index (χ4n) is 4.55. The lowest BCUT2D eigenvalue weighted by molar-refractivity contribution is -0.596. The van der Waals surface area contributed by atoms with Crippen molar-refractivity contribution in [3.05, 3.63) is 93.2 Å². The first-order valence-corrected chi connectivity index (χ1v) is 11.2. The van der Waals surface area contributed by atoms with Gasteiger partial charge in [-0.2, -0.15) is 9.67 Å². The smallest absolute Gasteiger partial charge is 0.316 e. The topological polar surface area (TPSA) is 78.3 Å². The largest absolute Gasteiger partial charge is 0.321 e. The summed E-state index contributed by atoms with van der Waals surface area (Å²) in [5.74, 6) is -2.06. The number of hydrogen-bond acceptors (Lipinski definition) is 3. The van der Waals surface area contributed by atoms with Gasteiger partial charge in [-0.25, -0.2) is 8.78 Å². The molecule has 4 heterocycles. The minimum absolute atomic E-state index is 0.0633. The third kappa shape index (κ3) is 2.83. The Labute approximate surface area is 199 Å². The number of aromatic amines is 2. The summed E-state index contributed by atoms with van der Waals surface area (Å²) >= 11 is 3.66. The molecule has 0 atom stereocenters. The fraction of sp³-hybridized carbons (Fsp3) is 0.0400. The summed E-state index contributed by atoms with van der Waals surface area (Å²) in [6.45, 7) is 1.90. The van der Waals surface area contributed by atoms with Gasteiger partial charge >= 0.3 is 5.56 Å². The molecule has 2 aromatic carbocycles. The Morgan fingerprint density at radius 1 is 1.06 bits per heavy atom. The van der Waals surface area contributed by atoms with Gasteiger partial charge in [0.05, 0.1) is 22.8 Å². The van der Waals surface area contributed by atoms with Crippen LogP contribution in [0.4, 0.5) is 8.78 Å². The minimum atomic E-state index is -1.04. The number of nitrogens with zero attached hydrogens (tertiary/aromatic N) is 3. The Balaban J connectivity index is 1.93. The van der Waals surface area contributed by atoms with E-state index in [-0.39, 0.29) is 16.8 Å². The normalized spacial score (nSPS) is 11.6. The molecule has 0 saturated carbocycles. The van der Waals surface area contributed by atoms with E-state index in [4.69, 9.17) is 0 Å². The second-order valence-electron chi connectivity index (χ2n) is 7.93. The average Bonchev–Trinajstić information content (AvgIpc) is 3.35. The summed E-state index contributed by atoms with van der Waals surface area (Å²) in [5, 5.41) is 8.26. The Morgan fingerprint density at radius 2 is 1.85 bits per heavy atom. The Bertz CT molecular complexity index is 1830. The van der Waals surface area contributed by atoms with Crippen LogP contribution < -0.4 is 10.1 Å². The number of fused-ring (bicyclic) bond motifs is 4. The van der Waals surface area contributed by atoms with Crippen LogP contribution in [0.25, 0.3) is 49.5 Å². The van der Waals surface area contributed by atoms with Gasteiger partial charge in [0.15, 0.2) is 24.0 Å². The lowest BCUT2D eigenvalue weighted by Crippen LogP contribution is -2.37. The zero-order valence-electron chi connectivity index (χ0n) is 17.7. The van der Waals surface area contributed by atoms with Crippen LogP contribution >= 0.6 is 15.9 Å². The number of pyridine rings is 3. The SMILES string of the molecule is Cc1c(Br)c2ncccc2c2[nH]c(=O)c(-[n+]3ccccc3)c(-c3cc(F)c(F)c4[nH]ncc34)c12. The van der Waals surface area contributed by atoms with Crippen LogP contribution in [-0.4, -0.2) is 20.2 Å². The molecule has 166 valence electrons. The van der Waals surface area contributed by atoms with Crippen molar-refractivity contribution >= 4 is 48.6 Å². The number of rotatable bonds is 2. The van der Waals surface area contributed by atoms with Gasteiger partial charge in [0, 0.05) is 44.5 Å². The number of hydrogen-bond donors (Lipinski definition) is 2. The van der Waals surface area contributed by atoms with Crippen LogP contribution in [0, 0.1) is 18.6 Å². The highest BCUT2D eigenvalue weighted by atomic mass is 79.9. The third-order valence-electron chi connectivity index (χ3n) is 6.05. The highest BCUT2D eigenvalue weighted by Crippen LogP contribution is 2.42. The molecule has 0 aliphatic rings. The van der Waals surface area contributed by atoms with Crippen LogP contribution in [0.2, 0.25) is 0 Å². The number of aryl methyl sites for hydroxylation is 1. The predicted molar refractivity (Wildman–Crippen MR) is 129 cm³/mol. The van der Waals surface area contributed by atoms with E-state index >= 15 is 0 Å². The quantitative estimate of drug-likeness (QED) is 0.243. The molecule has 34 heavy (non-hydrogen) atoms. The number of aromatic nitrogens is 5. The summed E-state index contributed by atoms with van der Waals surface area (Å²) in [4.78, 5) is 21.1. The summed E-state index contributed by atoms with van der Waals surface area (Å²) < 4.78 is 31.8. The molecular formula is C25H15BrF2N5O+. The van der Waals surface area contributed by atoms with Crippen molar-refractivity contribution < 1.29 is 13.3 Å². The molecule has 0 saturated heterocycles. The van der Waals surface area contributed by atoms with E-state index in [1.165, 1.54) is 6.20 Å². The van der Waals surface area contributed by atoms with Crippen LogP contribution in [0.5, 0.6) is 0 Å². The van der Waals surface area contributed by atoms with E-state index in [1.807, 2.05) is 19.1 Å². The molecule has 0 radical (unpaired) electrons. The fourth-order valence-corrected chi connectivity index (χ4v) is 5.06. The molecule has 0 fully saturated rings. The van der Waals surface area contributed by atoms with Crippen molar-refractivity contribution in [2.75, 3.05) is 0 Å². The second kappa shape index (κ2) is 7.53. The second-order valence-corrected chi connectivity index (χ2v) is 8.72. The first-order chi connectivity index (χ1) is 16.5. The molecule has 0 bridgehead atoms. The maximum atomic E-state index is 14.8. The van der Waals surface area contributed by atoms with E-state index < -0.39 is 11.6 Å². The van der Waals surface area contributed by atoms with Crippen molar-refractivity contribution in [3.63, 3.8) is 0 Å². The van der Waals surface area contributed by atoms with Crippen molar-refractivity contribution in [1.29, 1.82) is 0 Å². The van der Waals surface area contributed by atoms with Gasteiger partial charge in [-0.3, -0.25) is 14.9 Å². The van der Waals surface area contributed by atoms with Crippen molar-refractivity contribution in [1.82, 2.24) is 20.2 Å². The van der Waals surface area contributed by atoms with Crippen molar-refractivity contribution in [2.24, 2.45) is 0 Å². The lowest BCUT2D eigenvalue weighted by atomic mass is 9.92. The Hall–Kier alpha value is -3.98. The van der Waals surface area contributed by atoms with Gasteiger partial charge < -0.3 is 4.98 Å². The molecule has 6 rings (SSSR count). The summed E-state index contributed by atoms with van der Waals surface area (Å²) in [7, 11) is 0. The van der Waals surface area contributed by atoms with E-state index in [0.717, 1.165) is 21.5 Å². The number of nitrogens with one attached hydrogen (secondary N) is 2. The molecule has 6 nitrogen and oxygen atoms in total.